The van der Waals surface area contributed by atoms with Crippen LogP contribution in [-0.2, 0) is 16.0 Å². The number of carbonyl (C=O) groups excluding carboxylic acids is 2. The lowest BCUT2D eigenvalue weighted by atomic mass is 10.1. The van der Waals surface area contributed by atoms with Gasteiger partial charge in [-0.15, -0.1) is 0 Å². The zero-order valence-corrected chi connectivity index (χ0v) is 11.9. The number of aliphatic carboxylic acids is 2. The molecule has 0 aromatic heterocycles. The molecule has 0 aliphatic rings. The molecule has 0 aliphatic carbocycles. The highest BCUT2D eigenvalue weighted by atomic mass is 35.5. The summed E-state index contributed by atoms with van der Waals surface area (Å²) in [5.41, 5.74) is 1.05. The van der Waals surface area contributed by atoms with E-state index in [4.69, 9.17) is 11.6 Å². The van der Waals surface area contributed by atoms with Gasteiger partial charge >= 0.3 is 0 Å². The summed E-state index contributed by atoms with van der Waals surface area (Å²) in [7, 11) is 0. The number of halogens is 1. The second kappa shape index (κ2) is 9.81. The van der Waals surface area contributed by atoms with Crippen LogP contribution in [0.3, 0.4) is 0 Å². The molecule has 0 fully saturated rings. The predicted octanol–water partition coefficient (Wildman–Crippen LogP) is 0.804. The Labute approximate surface area is 123 Å². The minimum absolute atomic E-state index is 0.112. The lowest BCUT2D eigenvalue weighted by Crippen LogP contribution is -2.24. The third-order valence-corrected chi connectivity index (χ3v) is 2.44. The van der Waals surface area contributed by atoms with Crippen LogP contribution in [0.15, 0.2) is 53.6 Å². The summed E-state index contributed by atoms with van der Waals surface area (Å²) in [6, 6.07) is 9.31. The van der Waals surface area contributed by atoms with Crippen LogP contribution in [-0.4, -0.2) is 11.9 Å². The Balaban J connectivity index is 0.000000396. The quantitative estimate of drug-likeness (QED) is 0.753. The molecule has 1 rings (SSSR count). The normalized spacial score (nSPS) is 10.2. The van der Waals surface area contributed by atoms with Crippen molar-refractivity contribution in [3.05, 3.63) is 59.2 Å². The molecule has 0 spiro atoms. The van der Waals surface area contributed by atoms with E-state index in [0.717, 1.165) is 5.56 Å². The molecule has 5 heteroatoms. The lowest BCUT2D eigenvalue weighted by molar-refractivity contribution is -0.300. The van der Waals surface area contributed by atoms with Crippen molar-refractivity contribution in [2.75, 3.05) is 0 Å². The summed E-state index contributed by atoms with van der Waals surface area (Å²) in [6.45, 7) is 5.18. The number of hydrogen-bond donors (Lipinski definition) is 0. The van der Waals surface area contributed by atoms with Crippen molar-refractivity contribution in [1.82, 2.24) is 0 Å². The standard InChI is InChI=1S/C10H10O2.C5H7ClO2/c1-8(10(11)12)7-9-5-3-2-4-6-9;1-2-3-4(6)5(7)8/h2-6H,1,7H2,(H,11,12);3H,2H2,1H3,(H,7,8)/p-2/b;4-3-. The van der Waals surface area contributed by atoms with Gasteiger partial charge in [-0.05, 0) is 24.0 Å². The first-order chi connectivity index (χ1) is 9.38. The fourth-order valence-corrected chi connectivity index (χ4v) is 1.33. The van der Waals surface area contributed by atoms with Gasteiger partial charge in [0.05, 0.1) is 17.0 Å². The Morgan fingerprint density at radius 1 is 1.20 bits per heavy atom. The Morgan fingerprint density at radius 2 is 1.75 bits per heavy atom. The maximum atomic E-state index is 10.3. The fourth-order valence-electron chi connectivity index (χ4n) is 1.18. The molecule has 4 nitrogen and oxygen atoms in total. The van der Waals surface area contributed by atoms with Crippen molar-refractivity contribution in [1.29, 1.82) is 0 Å². The molecule has 20 heavy (non-hydrogen) atoms. The van der Waals surface area contributed by atoms with E-state index in [2.05, 4.69) is 6.58 Å². The predicted molar refractivity (Wildman–Crippen MR) is 73.5 cm³/mol. The number of allylic oxidation sites excluding steroid dienone is 1. The highest BCUT2D eigenvalue weighted by Crippen LogP contribution is 2.04. The van der Waals surface area contributed by atoms with Crippen molar-refractivity contribution in [3.63, 3.8) is 0 Å². The zero-order valence-electron chi connectivity index (χ0n) is 11.1. The molecule has 0 heterocycles. The highest BCUT2D eigenvalue weighted by Gasteiger charge is 1.96. The van der Waals surface area contributed by atoms with Gasteiger partial charge in [0.15, 0.2) is 0 Å². The van der Waals surface area contributed by atoms with Crippen LogP contribution in [0.1, 0.15) is 18.9 Å². The Morgan fingerprint density at radius 3 is 2.10 bits per heavy atom. The smallest absolute Gasteiger partial charge is 0.0826 e. The van der Waals surface area contributed by atoms with Gasteiger partial charge < -0.3 is 19.8 Å². The van der Waals surface area contributed by atoms with Crippen LogP contribution in [0.5, 0.6) is 0 Å². The van der Waals surface area contributed by atoms with E-state index in [0.29, 0.717) is 12.8 Å². The summed E-state index contributed by atoms with van der Waals surface area (Å²) in [4.78, 5) is 20.1. The summed E-state index contributed by atoms with van der Waals surface area (Å²) in [6.07, 6.45) is 2.35. The van der Waals surface area contributed by atoms with Gasteiger partial charge in [0.2, 0.25) is 0 Å². The Hall–Kier alpha value is -2.07. The first-order valence-corrected chi connectivity index (χ1v) is 6.26. The van der Waals surface area contributed by atoms with Gasteiger partial charge in [0.1, 0.15) is 0 Å². The van der Waals surface area contributed by atoms with E-state index < -0.39 is 11.9 Å². The van der Waals surface area contributed by atoms with Gasteiger partial charge in [-0.3, -0.25) is 0 Å². The third-order valence-electron chi connectivity index (χ3n) is 2.13. The molecule has 0 aliphatic heterocycles. The number of carboxylic acid groups (broad SMARTS) is 2. The third kappa shape index (κ3) is 8.11. The first-order valence-electron chi connectivity index (χ1n) is 5.88. The maximum Gasteiger partial charge on any atom is 0.0826 e. The van der Waals surface area contributed by atoms with Gasteiger partial charge in [-0.2, -0.15) is 0 Å². The maximum absolute atomic E-state index is 10.3. The lowest BCUT2D eigenvalue weighted by Gasteiger charge is -2.05. The van der Waals surface area contributed by atoms with Crippen LogP contribution >= 0.6 is 11.6 Å². The van der Waals surface area contributed by atoms with E-state index in [-0.39, 0.29) is 10.6 Å². The molecule has 108 valence electrons. The SMILES string of the molecule is C=C(Cc1ccccc1)C(=O)[O-].CC/C=C(\Cl)C(=O)[O-]. The van der Waals surface area contributed by atoms with Gasteiger partial charge in [0.25, 0.3) is 0 Å². The summed E-state index contributed by atoms with van der Waals surface area (Å²) in [5.74, 6) is -2.49. The van der Waals surface area contributed by atoms with Crippen molar-refractivity contribution >= 4 is 23.5 Å². The van der Waals surface area contributed by atoms with Crippen LogP contribution < -0.4 is 10.2 Å². The molecule has 0 atom stereocenters. The largest absolute Gasteiger partial charge is 0.545 e. The van der Waals surface area contributed by atoms with Crippen LogP contribution in [0.2, 0.25) is 0 Å². The summed E-state index contributed by atoms with van der Waals surface area (Å²) < 4.78 is 0. The second-order valence-electron chi connectivity index (χ2n) is 3.80. The molecule has 0 radical (unpaired) electrons. The topological polar surface area (TPSA) is 80.3 Å². The van der Waals surface area contributed by atoms with Gasteiger partial charge in [0, 0.05) is 0 Å². The molecule has 0 saturated heterocycles. The molecule has 0 bridgehead atoms. The average molecular weight is 295 g/mol. The summed E-state index contributed by atoms with van der Waals surface area (Å²) >= 11 is 5.11. The second-order valence-corrected chi connectivity index (χ2v) is 4.21. The minimum atomic E-state index is -1.31. The van der Waals surface area contributed by atoms with E-state index in [9.17, 15) is 19.8 Å². The molecular weight excluding hydrogens is 280 g/mol. The Bertz CT molecular complexity index is 492. The Kier molecular flexibility index (Phi) is 8.79. The molecule has 0 unspecified atom stereocenters. The number of hydrogen-bond acceptors (Lipinski definition) is 4. The van der Waals surface area contributed by atoms with Crippen molar-refractivity contribution < 1.29 is 19.8 Å². The van der Waals surface area contributed by atoms with Crippen LogP contribution in [0.4, 0.5) is 0 Å². The monoisotopic (exact) mass is 294 g/mol. The molecule has 0 N–H and O–H groups in total. The minimum Gasteiger partial charge on any atom is -0.545 e. The van der Waals surface area contributed by atoms with Crippen molar-refractivity contribution in [2.24, 2.45) is 0 Å². The van der Waals surface area contributed by atoms with Gasteiger partial charge in [-0.1, -0.05) is 61.5 Å². The molecule has 1 aromatic carbocycles. The average Bonchev–Trinajstić information content (AvgIpc) is 2.40. The molecule has 0 amide bonds. The van der Waals surface area contributed by atoms with Crippen molar-refractivity contribution in [2.45, 2.75) is 19.8 Å². The summed E-state index contributed by atoms with van der Waals surface area (Å²) in [5, 5.41) is 19.9. The van der Waals surface area contributed by atoms with E-state index in [1.807, 2.05) is 30.3 Å². The molecule has 1 aromatic rings. The zero-order chi connectivity index (χ0) is 15.5. The number of rotatable bonds is 5. The van der Waals surface area contributed by atoms with Crippen LogP contribution in [0, 0.1) is 0 Å². The van der Waals surface area contributed by atoms with E-state index >= 15 is 0 Å². The fraction of sp³-hybridized carbons (Fsp3) is 0.200. The number of carbonyl (C=O) groups is 2. The van der Waals surface area contributed by atoms with Gasteiger partial charge in [-0.25, -0.2) is 0 Å². The first kappa shape index (κ1) is 17.9. The molecule has 0 saturated carbocycles. The van der Waals surface area contributed by atoms with Crippen LogP contribution in [0.25, 0.3) is 0 Å². The number of benzene rings is 1. The van der Waals surface area contributed by atoms with E-state index in [1.165, 1.54) is 6.08 Å². The molecular formula is C15H15ClO4-2. The number of carboxylic acids is 2. The van der Waals surface area contributed by atoms with E-state index in [1.54, 1.807) is 6.92 Å². The van der Waals surface area contributed by atoms with Crippen molar-refractivity contribution in [3.8, 4) is 0 Å². The highest BCUT2D eigenvalue weighted by molar-refractivity contribution is 6.40.